The van der Waals surface area contributed by atoms with Gasteiger partial charge in [0.1, 0.15) is 0 Å². The molecule has 3 atom stereocenters. The van der Waals surface area contributed by atoms with Gasteiger partial charge in [-0.05, 0) is 31.1 Å². The van der Waals surface area contributed by atoms with Crippen molar-refractivity contribution in [1.82, 2.24) is 9.55 Å². The normalized spacial score (nSPS) is 32.1. The Bertz CT molecular complexity index is 295. The second-order valence-corrected chi connectivity index (χ2v) is 4.96. The predicted molar refractivity (Wildman–Crippen MR) is 59.4 cm³/mol. The Hall–Kier alpha value is -0.830. The van der Waals surface area contributed by atoms with Gasteiger partial charge in [-0.3, -0.25) is 0 Å². The number of aromatic nitrogens is 2. The minimum Gasteiger partial charge on any atom is -0.391 e. The van der Waals surface area contributed by atoms with Crippen LogP contribution < -0.4 is 0 Å². The van der Waals surface area contributed by atoms with E-state index in [1.807, 2.05) is 12.5 Å². The van der Waals surface area contributed by atoms with Crippen molar-refractivity contribution in [2.75, 3.05) is 0 Å². The summed E-state index contributed by atoms with van der Waals surface area (Å²) >= 11 is 0. The van der Waals surface area contributed by atoms with Crippen LogP contribution in [0, 0.1) is 11.8 Å². The molecule has 1 aliphatic rings. The molecule has 3 heteroatoms. The standard InChI is InChI=1S/C12H20N2O/c1-9(2)10-3-4-12(15)11(7-10)14-6-5-13-8-14/h5-6,8-12,15H,3-4,7H2,1-2H3. The van der Waals surface area contributed by atoms with Gasteiger partial charge in [-0.2, -0.15) is 0 Å². The summed E-state index contributed by atoms with van der Waals surface area (Å²) in [6.45, 7) is 4.54. The quantitative estimate of drug-likeness (QED) is 0.809. The summed E-state index contributed by atoms with van der Waals surface area (Å²) in [5, 5.41) is 9.99. The highest BCUT2D eigenvalue weighted by Gasteiger charge is 2.31. The molecule has 0 aliphatic heterocycles. The molecule has 0 amide bonds. The van der Waals surface area contributed by atoms with Crippen molar-refractivity contribution < 1.29 is 5.11 Å². The summed E-state index contributed by atoms with van der Waals surface area (Å²) in [4.78, 5) is 4.05. The summed E-state index contributed by atoms with van der Waals surface area (Å²) in [7, 11) is 0. The SMILES string of the molecule is CC(C)C1CCC(O)C(n2ccnc2)C1. The second-order valence-electron chi connectivity index (χ2n) is 4.96. The lowest BCUT2D eigenvalue weighted by Crippen LogP contribution is -2.32. The lowest BCUT2D eigenvalue weighted by atomic mass is 9.78. The maximum atomic E-state index is 9.99. The van der Waals surface area contributed by atoms with Crippen LogP contribution in [0.25, 0.3) is 0 Å². The third kappa shape index (κ3) is 2.23. The number of imidazole rings is 1. The number of nitrogens with zero attached hydrogens (tertiary/aromatic N) is 2. The molecule has 1 aromatic rings. The van der Waals surface area contributed by atoms with Crippen molar-refractivity contribution in [3.05, 3.63) is 18.7 Å². The van der Waals surface area contributed by atoms with E-state index in [1.54, 1.807) is 6.20 Å². The molecule has 0 saturated heterocycles. The van der Waals surface area contributed by atoms with E-state index in [2.05, 4.69) is 23.4 Å². The van der Waals surface area contributed by atoms with E-state index in [9.17, 15) is 5.11 Å². The van der Waals surface area contributed by atoms with Crippen LogP contribution in [0.15, 0.2) is 18.7 Å². The first-order chi connectivity index (χ1) is 7.18. The number of aliphatic hydroxyl groups is 1. The zero-order valence-corrected chi connectivity index (χ0v) is 9.50. The number of aliphatic hydroxyl groups excluding tert-OH is 1. The molecule has 2 rings (SSSR count). The van der Waals surface area contributed by atoms with Crippen molar-refractivity contribution in [2.45, 2.75) is 45.3 Å². The zero-order chi connectivity index (χ0) is 10.8. The summed E-state index contributed by atoms with van der Waals surface area (Å²) < 4.78 is 2.05. The average Bonchev–Trinajstić information content (AvgIpc) is 2.71. The molecule has 15 heavy (non-hydrogen) atoms. The molecule has 1 heterocycles. The molecule has 0 bridgehead atoms. The van der Waals surface area contributed by atoms with E-state index >= 15 is 0 Å². The summed E-state index contributed by atoms with van der Waals surface area (Å²) in [5.74, 6) is 1.45. The smallest absolute Gasteiger partial charge is 0.0949 e. The van der Waals surface area contributed by atoms with Gasteiger partial charge in [0.25, 0.3) is 0 Å². The summed E-state index contributed by atoms with van der Waals surface area (Å²) in [5.41, 5.74) is 0. The molecular formula is C12H20N2O. The van der Waals surface area contributed by atoms with E-state index in [0.717, 1.165) is 25.2 Å². The highest BCUT2D eigenvalue weighted by atomic mass is 16.3. The predicted octanol–water partition coefficient (Wildman–Crippen LogP) is 2.24. The first kappa shape index (κ1) is 10.7. The third-order valence-electron chi connectivity index (χ3n) is 3.67. The van der Waals surface area contributed by atoms with Gasteiger partial charge in [0.05, 0.1) is 18.5 Å². The van der Waals surface area contributed by atoms with E-state index in [-0.39, 0.29) is 12.1 Å². The van der Waals surface area contributed by atoms with Crippen LogP contribution in [0.4, 0.5) is 0 Å². The zero-order valence-electron chi connectivity index (χ0n) is 9.50. The number of hydrogen-bond acceptors (Lipinski definition) is 2. The van der Waals surface area contributed by atoms with Gasteiger partial charge in [-0.15, -0.1) is 0 Å². The lowest BCUT2D eigenvalue weighted by Gasteiger charge is -2.35. The summed E-state index contributed by atoms with van der Waals surface area (Å²) in [6.07, 6.45) is 8.51. The Balaban J connectivity index is 2.09. The lowest BCUT2D eigenvalue weighted by molar-refractivity contribution is 0.0437. The molecule has 0 spiro atoms. The monoisotopic (exact) mass is 208 g/mol. The third-order valence-corrected chi connectivity index (χ3v) is 3.67. The molecular weight excluding hydrogens is 188 g/mol. The molecule has 1 aliphatic carbocycles. The highest BCUT2D eigenvalue weighted by Crippen LogP contribution is 2.36. The molecule has 1 N–H and O–H groups in total. The second kappa shape index (κ2) is 4.35. The van der Waals surface area contributed by atoms with E-state index in [1.165, 1.54) is 0 Å². The first-order valence-corrected chi connectivity index (χ1v) is 5.84. The Kier molecular flexibility index (Phi) is 3.10. The molecule has 3 nitrogen and oxygen atoms in total. The number of rotatable bonds is 2. The maximum Gasteiger partial charge on any atom is 0.0949 e. The van der Waals surface area contributed by atoms with Gasteiger partial charge in [-0.1, -0.05) is 13.8 Å². The fourth-order valence-electron chi connectivity index (χ4n) is 2.55. The molecule has 3 unspecified atom stereocenters. The highest BCUT2D eigenvalue weighted by molar-refractivity contribution is 4.89. The average molecular weight is 208 g/mol. The van der Waals surface area contributed by atoms with Crippen molar-refractivity contribution in [3.63, 3.8) is 0 Å². The van der Waals surface area contributed by atoms with Gasteiger partial charge < -0.3 is 9.67 Å². The maximum absolute atomic E-state index is 9.99. The largest absolute Gasteiger partial charge is 0.391 e. The van der Waals surface area contributed by atoms with Crippen LogP contribution in [-0.2, 0) is 0 Å². The van der Waals surface area contributed by atoms with Crippen LogP contribution in [-0.4, -0.2) is 20.8 Å². The van der Waals surface area contributed by atoms with E-state index in [4.69, 9.17) is 0 Å². The van der Waals surface area contributed by atoms with Crippen LogP contribution >= 0.6 is 0 Å². The van der Waals surface area contributed by atoms with Gasteiger partial charge in [0.2, 0.25) is 0 Å². The van der Waals surface area contributed by atoms with E-state index < -0.39 is 0 Å². The van der Waals surface area contributed by atoms with Crippen LogP contribution in [0.2, 0.25) is 0 Å². The molecule has 1 fully saturated rings. The van der Waals surface area contributed by atoms with Crippen LogP contribution in [0.5, 0.6) is 0 Å². The van der Waals surface area contributed by atoms with Crippen LogP contribution in [0.1, 0.15) is 39.2 Å². The molecule has 0 radical (unpaired) electrons. The van der Waals surface area contributed by atoms with Gasteiger partial charge in [0, 0.05) is 12.4 Å². The molecule has 84 valence electrons. The van der Waals surface area contributed by atoms with Crippen molar-refractivity contribution in [3.8, 4) is 0 Å². The number of hydrogen-bond donors (Lipinski definition) is 1. The fourth-order valence-corrected chi connectivity index (χ4v) is 2.55. The molecule has 1 aromatic heterocycles. The summed E-state index contributed by atoms with van der Waals surface area (Å²) in [6, 6.07) is 0.230. The minimum absolute atomic E-state index is 0.200. The Morgan fingerprint density at radius 1 is 1.40 bits per heavy atom. The Morgan fingerprint density at radius 2 is 2.20 bits per heavy atom. The first-order valence-electron chi connectivity index (χ1n) is 5.84. The van der Waals surface area contributed by atoms with Crippen molar-refractivity contribution in [1.29, 1.82) is 0 Å². The Morgan fingerprint density at radius 3 is 2.80 bits per heavy atom. The van der Waals surface area contributed by atoms with Crippen molar-refractivity contribution >= 4 is 0 Å². The van der Waals surface area contributed by atoms with Gasteiger partial charge in [-0.25, -0.2) is 4.98 Å². The van der Waals surface area contributed by atoms with Gasteiger partial charge >= 0.3 is 0 Å². The Labute approximate surface area is 91.1 Å². The van der Waals surface area contributed by atoms with E-state index in [0.29, 0.717) is 5.92 Å². The minimum atomic E-state index is -0.200. The van der Waals surface area contributed by atoms with Gasteiger partial charge in [0.15, 0.2) is 0 Å². The van der Waals surface area contributed by atoms with Crippen molar-refractivity contribution in [2.24, 2.45) is 11.8 Å². The fraction of sp³-hybridized carbons (Fsp3) is 0.750. The molecule has 0 aromatic carbocycles. The van der Waals surface area contributed by atoms with Crippen LogP contribution in [0.3, 0.4) is 0 Å². The molecule has 1 saturated carbocycles. The topological polar surface area (TPSA) is 38.0 Å².